The molecule has 0 aromatic heterocycles. The van der Waals surface area contributed by atoms with E-state index < -0.39 is 0 Å². The average molecular weight is 308 g/mol. The number of halogens is 1. The number of anilines is 1. The van der Waals surface area contributed by atoms with Gasteiger partial charge in [0.1, 0.15) is 0 Å². The topological polar surface area (TPSA) is 39.1 Å². The highest BCUT2D eigenvalue weighted by atomic mass is 79.9. The summed E-state index contributed by atoms with van der Waals surface area (Å²) in [5.41, 5.74) is 2.49. The van der Waals surface area contributed by atoms with Crippen molar-refractivity contribution in [3.05, 3.63) is 28.2 Å². The third-order valence-corrected chi connectivity index (χ3v) is 4.35. The van der Waals surface area contributed by atoms with Gasteiger partial charge in [0, 0.05) is 35.3 Å². The minimum atomic E-state index is 0.273. The highest BCUT2D eigenvalue weighted by molar-refractivity contribution is 9.10. The highest BCUT2D eigenvalue weighted by Gasteiger charge is 2.25. The van der Waals surface area contributed by atoms with Crippen LogP contribution < -0.4 is 10.2 Å². The Balaban J connectivity index is 2.19. The molecule has 1 heterocycles. The van der Waals surface area contributed by atoms with Gasteiger partial charge in [-0.1, -0.05) is 15.9 Å². The number of hydrogen-bond acceptors (Lipinski definition) is 3. The van der Waals surface area contributed by atoms with Crippen LogP contribution in [0.5, 0.6) is 0 Å². The molecule has 1 aromatic rings. The summed E-state index contributed by atoms with van der Waals surface area (Å²) in [5, 5.41) is 12.2. The molecule has 0 spiro atoms. The number of aryl methyl sites for hydroxylation is 1. The predicted octanol–water partition coefficient (Wildman–Crippen LogP) is 2.84. The molecule has 1 N–H and O–H groups in total. The van der Waals surface area contributed by atoms with Gasteiger partial charge in [0.2, 0.25) is 0 Å². The van der Waals surface area contributed by atoms with E-state index in [9.17, 15) is 0 Å². The first-order chi connectivity index (χ1) is 8.61. The fourth-order valence-corrected chi connectivity index (χ4v) is 2.59. The van der Waals surface area contributed by atoms with Crippen LogP contribution in [-0.4, -0.2) is 25.2 Å². The summed E-state index contributed by atoms with van der Waals surface area (Å²) < 4.78 is 1.14. The van der Waals surface area contributed by atoms with Crippen LogP contribution in [0.15, 0.2) is 22.7 Å². The third-order valence-electron chi connectivity index (χ3n) is 3.46. The SMILES string of the molecule is Cc1cc(N2CC(CC#N)NCC2C)ccc1Br. The van der Waals surface area contributed by atoms with Gasteiger partial charge < -0.3 is 10.2 Å². The molecule has 2 unspecified atom stereocenters. The highest BCUT2D eigenvalue weighted by Crippen LogP contribution is 2.25. The maximum Gasteiger partial charge on any atom is 0.0638 e. The smallest absolute Gasteiger partial charge is 0.0638 e. The first-order valence-corrected chi connectivity index (χ1v) is 7.04. The maximum atomic E-state index is 8.81. The Morgan fingerprint density at radius 2 is 2.33 bits per heavy atom. The van der Waals surface area contributed by atoms with Crippen LogP contribution in [0.25, 0.3) is 0 Å². The number of benzene rings is 1. The van der Waals surface area contributed by atoms with Gasteiger partial charge in [-0.05, 0) is 37.6 Å². The van der Waals surface area contributed by atoms with Gasteiger partial charge in [0.25, 0.3) is 0 Å². The monoisotopic (exact) mass is 307 g/mol. The van der Waals surface area contributed by atoms with E-state index in [0.29, 0.717) is 12.5 Å². The quantitative estimate of drug-likeness (QED) is 0.913. The van der Waals surface area contributed by atoms with E-state index in [2.05, 4.69) is 64.3 Å². The molecule has 1 fully saturated rings. The molecule has 0 bridgehead atoms. The molecule has 1 aromatic carbocycles. The van der Waals surface area contributed by atoms with Crippen LogP contribution in [0.2, 0.25) is 0 Å². The normalized spacial score (nSPS) is 23.8. The second-order valence-corrected chi connectivity index (χ2v) is 5.76. The molecule has 1 aliphatic heterocycles. The Bertz CT molecular complexity index is 467. The van der Waals surface area contributed by atoms with Gasteiger partial charge in [0.15, 0.2) is 0 Å². The average Bonchev–Trinajstić information content (AvgIpc) is 2.35. The zero-order valence-electron chi connectivity index (χ0n) is 10.8. The molecule has 0 aliphatic carbocycles. The lowest BCUT2D eigenvalue weighted by Crippen LogP contribution is -2.55. The van der Waals surface area contributed by atoms with E-state index >= 15 is 0 Å². The van der Waals surface area contributed by atoms with Crippen molar-refractivity contribution < 1.29 is 0 Å². The standard InChI is InChI=1S/C14H18BrN3/c1-10-7-13(3-4-14(10)15)18-9-12(5-6-16)17-8-11(18)2/h3-4,7,11-12,17H,5,8-9H2,1-2H3. The number of piperazine rings is 1. The van der Waals surface area contributed by atoms with Gasteiger partial charge in [-0.2, -0.15) is 5.26 Å². The van der Waals surface area contributed by atoms with Gasteiger partial charge in [-0.15, -0.1) is 0 Å². The first-order valence-electron chi connectivity index (χ1n) is 6.25. The van der Waals surface area contributed by atoms with Gasteiger partial charge in [0.05, 0.1) is 12.5 Å². The Morgan fingerprint density at radius 1 is 1.56 bits per heavy atom. The number of nitriles is 1. The summed E-state index contributed by atoms with van der Waals surface area (Å²) in [6, 6.07) is 9.42. The van der Waals surface area contributed by atoms with E-state index in [1.165, 1.54) is 11.3 Å². The summed E-state index contributed by atoms with van der Waals surface area (Å²) in [4.78, 5) is 2.39. The van der Waals surface area contributed by atoms with Crippen molar-refractivity contribution in [3.8, 4) is 6.07 Å². The fourth-order valence-electron chi connectivity index (χ4n) is 2.34. The van der Waals surface area contributed by atoms with Crippen LogP contribution in [-0.2, 0) is 0 Å². The van der Waals surface area contributed by atoms with Crippen LogP contribution in [0, 0.1) is 18.3 Å². The van der Waals surface area contributed by atoms with Gasteiger partial charge in [-0.25, -0.2) is 0 Å². The van der Waals surface area contributed by atoms with E-state index in [0.717, 1.165) is 17.6 Å². The molecule has 96 valence electrons. The zero-order chi connectivity index (χ0) is 13.1. The molecule has 3 nitrogen and oxygen atoms in total. The molecular weight excluding hydrogens is 290 g/mol. The molecule has 2 atom stereocenters. The van der Waals surface area contributed by atoms with Crippen LogP contribution in [0.1, 0.15) is 18.9 Å². The number of nitrogens with zero attached hydrogens (tertiary/aromatic N) is 2. The number of nitrogens with one attached hydrogen (secondary N) is 1. The molecule has 2 rings (SSSR count). The summed E-state index contributed by atoms with van der Waals surface area (Å²) in [6.45, 7) is 6.15. The van der Waals surface area contributed by atoms with Crippen molar-refractivity contribution in [1.29, 1.82) is 5.26 Å². The summed E-state index contributed by atoms with van der Waals surface area (Å²) in [5.74, 6) is 0. The minimum absolute atomic E-state index is 0.273. The van der Waals surface area contributed by atoms with Crippen molar-refractivity contribution in [2.75, 3.05) is 18.0 Å². The predicted molar refractivity (Wildman–Crippen MR) is 77.7 cm³/mol. The Kier molecular flexibility index (Phi) is 4.26. The Morgan fingerprint density at radius 3 is 3.00 bits per heavy atom. The van der Waals surface area contributed by atoms with Gasteiger partial charge >= 0.3 is 0 Å². The largest absolute Gasteiger partial charge is 0.366 e. The number of hydrogen-bond donors (Lipinski definition) is 1. The first kappa shape index (κ1) is 13.4. The second kappa shape index (κ2) is 5.73. The Hall–Kier alpha value is -1.05. The van der Waals surface area contributed by atoms with E-state index in [-0.39, 0.29) is 6.04 Å². The molecule has 1 saturated heterocycles. The summed E-state index contributed by atoms with van der Waals surface area (Å²) in [6.07, 6.45) is 0.568. The lowest BCUT2D eigenvalue weighted by atomic mass is 10.1. The van der Waals surface area contributed by atoms with Crippen molar-refractivity contribution >= 4 is 21.6 Å². The third kappa shape index (κ3) is 2.85. The van der Waals surface area contributed by atoms with Crippen molar-refractivity contribution in [2.45, 2.75) is 32.4 Å². The molecule has 4 heteroatoms. The number of rotatable bonds is 2. The second-order valence-electron chi connectivity index (χ2n) is 4.90. The van der Waals surface area contributed by atoms with Crippen LogP contribution in [0.4, 0.5) is 5.69 Å². The lowest BCUT2D eigenvalue weighted by molar-refractivity contribution is 0.409. The molecule has 18 heavy (non-hydrogen) atoms. The summed E-state index contributed by atoms with van der Waals surface area (Å²) in [7, 11) is 0. The molecule has 0 amide bonds. The van der Waals surface area contributed by atoms with Crippen molar-refractivity contribution in [2.24, 2.45) is 0 Å². The van der Waals surface area contributed by atoms with Crippen LogP contribution >= 0.6 is 15.9 Å². The van der Waals surface area contributed by atoms with Crippen molar-refractivity contribution in [3.63, 3.8) is 0 Å². The molecule has 0 radical (unpaired) electrons. The van der Waals surface area contributed by atoms with E-state index in [1.54, 1.807) is 0 Å². The van der Waals surface area contributed by atoms with Crippen molar-refractivity contribution in [1.82, 2.24) is 5.32 Å². The van der Waals surface area contributed by atoms with E-state index in [4.69, 9.17) is 5.26 Å². The zero-order valence-corrected chi connectivity index (χ0v) is 12.4. The van der Waals surface area contributed by atoms with Crippen LogP contribution in [0.3, 0.4) is 0 Å². The van der Waals surface area contributed by atoms with E-state index in [1.807, 2.05) is 0 Å². The summed E-state index contributed by atoms with van der Waals surface area (Å²) >= 11 is 3.53. The lowest BCUT2D eigenvalue weighted by Gasteiger charge is -2.40. The minimum Gasteiger partial charge on any atom is -0.366 e. The molecule has 1 aliphatic rings. The fraction of sp³-hybridized carbons (Fsp3) is 0.500. The molecular formula is C14H18BrN3. The maximum absolute atomic E-state index is 8.81. The Labute approximate surface area is 117 Å². The molecule has 0 saturated carbocycles. The van der Waals surface area contributed by atoms with Gasteiger partial charge in [-0.3, -0.25) is 0 Å².